The maximum absolute atomic E-state index is 11.9. The Morgan fingerprint density at radius 2 is 2.06 bits per heavy atom. The molecule has 2 rings (SSSR count). The Morgan fingerprint density at radius 1 is 1.28 bits per heavy atom. The second kappa shape index (κ2) is 6.52. The SMILES string of the molecule is CCCc1noc(CCC(=O)N2CCCCC2)n1. The molecule has 0 aromatic carbocycles. The van der Waals surface area contributed by atoms with Crippen molar-refractivity contribution in [1.82, 2.24) is 15.0 Å². The van der Waals surface area contributed by atoms with Crippen molar-refractivity contribution in [2.75, 3.05) is 13.1 Å². The predicted octanol–water partition coefficient (Wildman–Crippen LogP) is 1.97. The normalized spacial score (nSPS) is 15.9. The molecule has 0 unspecified atom stereocenters. The Bertz CT molecular complexity index is 383. The van der Waals surface area contributed by atoms with E-state index in [0.717, 1.165) is 44.6 Å². The van der Waals surface area contributed by atoms with E-state index < -0.39 is 0 Å². The summed E-state index contributed by atoms with van der Waals surface area (Å²) in [6.45, 7) is 3.89. The molecule has 1 aromatic heterocycles. The molecule has 1 saturated heterocycles. The molecule has 0 spiro atoms. The summed E-state index contributed by atoms with van der Waals surface area (Å²) in [6.07, 6.45) is 6.39. The lowest BCUT2D eigenvalue weighted by Crippen LogP contribution is -2.35. The fourth-order valence-electron chi connectivity index (χ4n) is 2.23. The van der Waals surface area contributed by atoms with Crippen LogP contribution in [0, 0.1) is 0 Å². The zero-order valence-electron chi connectivity index (χ0n) is 11.0. The molecule has 5 nitrogen and oxygen atoms in total. The van der Waals surface area contributed by atoms with Crippen LogP contribution in [0.1, 0.15) is 50.7 Å². The van der Waals surface area contributed by atoms with Gasteiger partial charge in [0.15, 0.2) is 5.82 Å². The van der Waals surface area contributed by atoms with E-state index in [1.165, 1.54) is 6.42 Å². The first kappa shape index (κ1) is 13.1. The number of aryl methyl sites for hydroxylation is 2. The van der Waals surface area contributed by atoms with Crippen LogP contribution in [0.5, 0.6) is 0 Å². The van der Waals surface area contributed by atoms with Gasteiger partial charge in [0, 0.05) is 32.4 Å². The number of carbonyl (C=O) groups is 1. The van der Waals surface area contributed by atoms with Crippen molar-refractivity contribution >= 4 is 5.91 Å². The summed E-state index contributed by atoms with van der Waals surface area (Å²) >= 11 is 0. The lowest BCUT2D eigenvalue weighted by atomic mass is 10.1. The van der Waals surface area contributed by atoms with Gasteiger partial charge in [-0.2, -0.15) is 4.98 Å². The fourth-order valence-corrected chi connectivity index (χ4v) is 2.23. The van der Waals surface area contributed by atoms with E-state index in [2.05, 4.69) is 17.1 Å². The van der Waals surface area contributed by atoms with Crippen molar-refractivity contribution < 1.29 is 9.32 Å². The van der Waals surface area contributed by atoms with Crippen molar-refractivity contribution in [3.63, 3.8) is 0 Å². The molecular formula is C13H21N3O2. The van der Waals surface area contributed by atoms with Crippen LogP contribution in [0.25, 0.3) is 0 Å². The van der Waals surface area contributed by atoms with Crippen molar-refractivity contribution in [2.45, 2.75) is 51.9 Å². The molecule has 0 saturated carbocycles. The fraction of sp³-hybridized carbons (Fsp3) is 0.769. The van der Waals surface area contributed by atoms with Gasteiger partial charge in [-0.15, -0.1) is 0 Å². The summed E-state index contributed by atoms with van der Waals surface area (Å²) < 4.78 is 5.12. The summed E-state index contributed by atoms with van der Waals surface area (Å²) in [6, 6.07) is 0. The molecule has 5 heteroatoms. The molecule has 0 bridgehead atoms. The Balaban J connectivity index is 1.77. The molecule has 1 fully saturated rings. The molecule has 2 heterocycles. The van der Waals surface area contributed by atoms with Gasteiger partial charge in [-0.3, -0.25) is 4.79 Å². The molecule has 1 aromatic rings. The maximum atomic E-state index is 11.9. The Kier molecular flexibility index (Phi) is 4.73. The molecule has 100 valence electrons. The highest BCUT2D eigenvalue weighted by Gasteiger charge is 2.17. The first-order valence-electron chi connectivity index (χ1n) is 6.89. The first-order valence-corrected chi connectivity index (χ1v) is 6.89. The number of carbonyl (C=O) groups excluding carboxylic acids is 1. The van der Waals surface area contributed by atoms with E-state index in [1.54, 1.807) is 0 Å². The zero-order chi connectivity index (χ0) is 12.8. The highest BCUT2D eigenvalue weighted by molar-refractivity contribution is 5.76. The van der Waals surface area contributed by atoms with Crippen molar-refractivity contribution in [1.29, 1.82) is 0 Å². The molecular weight excluding hydrogens is 230 g/mol. The van der Waals surface area contributed by atoms with Gasteiger partial charge in [0.1, 0.15) is 0 Å². The van der Waals surface area contributed by atoms with E-state index in [-0.39, 0.29) is 5.91 Å². The van der Waals surface area contributed by atoms with Crippen molar-refractivity contribution in [3.8, 4) is 0 Å². The summed E-state index contributed by atoms with van der Waals surface area (Å²) in [4.78, 5) is 18.2. The van der Waals surface area contributed by atoms with Crippen LogP contribution >= 0.6 is 0 Å². The summed E-state index contributed by atoms with van der Waals surface area (Å²) in [5.74, 6) is 1.55. The van der Waals surface area contributed by atoms with E-state index >= 15 is 0 Å². The summed E-state index contributed by atoms with van der Waals surface area (Å²) in [5, 5.41) is 3.89. The topological polar surface area (TPSA) is 59.2 Å². The van der Waals surface area contributed by atoms with Crippen LogP contribution in [0.4, 0.5) is 0 Å². The van der Waals surface area contributed by atoms with Crippen LogP contribution < -0.4 is 0 Å². The Morgan fingerprint density at radius 3 is 2.78 bits per heavy atom. The van der Waals surface area contributed by atoms with Crippen LogP contribution in [-0.2, 0) is 17.6 Å². The monoisotopic (exact) mass is 251 g/mol. The molecule has 1 aliphatic rings. The maximum Gasteiger partial charge on any atom is 0.227 e. The molecule has 1 aliphatic heterocycles. The minimum absolute atomic E-state index is 0.213. The van der Waals surface area contributed by atoms with Gasteiger partial charge in [-0.25, -0.2) is 0 Å². The Labute approximate surface area is 108 Å². The van der Waals surface area contributed by atoms with Gasteiger partial charge in [0.25, 0.3) is 0 Å². The third-order valence-electron chi connectivity index (χ3n) is 3.25. The quantitative estimate of drug-likeness (QED) is 0.802. The largest absolute Gasteiger partial charge is 0.343 e. The number of amides is 1. The number of likely N-dealkylation sites (tertiary alicyclic amines) is 1. The molecule has 1 amide bonds. The highest BCUT2D eigenvalue weighted by Crippen LogP contribution is 2.11. The minimum Gasteiger partial charge on any atom is -0.343 e. The predicted molar refractivity (Wildman–Crippen MR) is 67.0 cm³/mol. The average Bonchev–Trinajstić information content (AvgIpc) is 2.85. The zero-order valence-corrected chi connectivity index (χ0v) is 11.0. The van der Waals surface area contributed by atoms with Gasteiger partial charge in [0.05, 0.1) is 0 Å². The van der Waals surface area contributed by atoms with Gasteiger partial charge in [0.2, 0.25) is 11.8 Å². The number of nitrogens with zero attached hydrogens (tertiary/aromatic N) is 3. The number of piperidine rings is 1. The first-order chi connectivity index (χ1) is 8.79. The van der Waals surface area contributed by atoms with E-state index in [1.807, 2.05) is 4.90 Å². The molecule has 0 aliphatic carbocycles. The van der Waals surface area contributed by atoms with Crippen LogP contribution in [0.2, 0.25) is 0 Å². The average molecular weight is 251 g/mol. The Hall–Kier alpha value is -1.39. The second-order valence-corrected chi connectivity index (χ2v) is 4.80. The summed E-state index contributed by atoms with van der Waals surface area (Å²) in [7, 11) is 0. The van der Waals surface area contributed by atoms with Gasteiger partial charge >= 0.3 is 0 Å². The van der Waals surface area contributed by atoms with Gasteiger partial charge in [-0.05, 0) is 25.7 Å². The lowest BCUT2D eigenvalue weighted by Gasteiger charge is -2.26. The van der Waals surface area contributed by atoms with Crippen LogP contribution in [0.15, 0.2) is 4.52 Å². The van der Waals surface area contributed by atoms with Crippen molar-refractivity contribution in [2.24, 2.45) is 0 Å². The molecule has 18 heavy (non-hydrogen) atoms. The minimum atomic E-state index is 0.213. The molecule has 0 radical (unpaired) electrons. The second-order valence-electron chi connectivity index (χ2n) is 4.80. The van der Waals surface area contributed by atoms with Crippen molar-refractivity contribution in [3.05, 3.63) is 11.7 Å². The molecule has 0 N–H and O–H groups in total. The third-order valence-corrected chi connectivity index (χ3v) is 3.25. The van der Waals surface area contributed by atoms with Crippen LogP contribution in [-0.4, -0.2) is 34.0 Å². The number of hydrogen-bond donors (Lipinski definition) is 0. The summed E-state index contributed by atoms with van der Waals surface area (Å²) in [5.41, 5.74) is 0. The van der Waals surface area contributed by atoms with Crippen LogP contribution in [0.3, 0.4) is 0 Å². The van der Waals surface area contributed by atoms with E-state index in [4.69, 9.17) is 4.52 Å². The highest BCUT2D eigenvalue weighted by atomic mass is 16.5. The standard InChI is InChI=1S/C13H21N3O2/c1-2-6-11-14-12(18-15-11)7-8-13(17)16-9-4-3-5-10-16/h2-10H2,1H3. The third kappa shape index (κ3) is 3.55. The van der Waals surface area contributed by atoms with Gasteiger partial charge in [-0.1, -0.05) is 12.1 Å². The smallest absolute Gasteiger partial charge is 0.227 e. The van der Waals surface area contributed by atoms with E-state index in [0.29, 0.717) is 18.7 Å². The number of aromatic nitrogens is 2. The molecule has 0 atom stereocenters. The lowest BCUT2D eigenvalue weighted by molar-refractivity contribution is -0.132. The number of hydrogen-bond acceptors (Lipinski definition) is 4. The van der Waals surface area contributed by atoms with E-state index in [9.17, 15) is 4.79 Å². The number of rotatable bonds is 5. The van der Waals surface area contributed by atoms with Gasteiger partial charge < -0.3 is 9.42 Å².